The van der Waals surface area contributed by atoms with Gasteiger partial charge in [-0.1, -0.05) is 23.7 Å². The average molecular weight is 311 g/mol. The van der Waals surface area contributed by atoms with E-state index in [2.05, 4.69) is 5.32 Å². The summed E-state index contributed by atoms with van der Waals surface area (Å²) in [4.78, 5) is 13.8. The SMILES string of the molecule is CN(Cc1ccc(Cl)cc1)C(=O)CCOC1CCNCC1. The van der Waals surface area contributed by atoms with Gasteiger partial charge in [-0.15, -0.1) is 0 Å². The molecule has 21 heavy (non-hydrogen) atoms. The maximum absolute atomic E-state index is 12.1. The Morgan fingerprint density at radius 3 is 2.67 bits per heavy atom. The van der Waals surface area contributed by atoms with Crippen LogP contribution in [0.15, 0.2) is 24.3 Å². The number of hydrogen-bond donors (Lipinski definition) is 1. The molecule has 0 radical (unpaired) electrons. The summed E-state index contributed by atoms with van der Waals surface area (Å²) in [5.41, 5.74) is 1.08. The Balaban J connectivity index is 1.68. The molecule has 1 heterocycles. The van der Waals surface area contributed by atoms with Gasteiger partial charge in [-0.25, -0.2) is 0 Å². The van der Waals surface area contributed by atoms with E-state index in [0.29, 0.717) is 30.7 Å². The van der Waals surface area contributed by atoms with E-state index in [-0.39, 0.29) is 5.91 Å². The lowest BCUT2D eigenvalue weighted by molar-refractivity contribution is -0.132. The number of ether oxygens (including phenoxy) is 1. The number of carbonyl (C=O) groups is 1. The first-order valence-corrected chi connectivity index (χ1v) is 7.83. The lowest BCUT2D eigenvalue weighted by Gasteiger charge is -2.23. The van der Waals surface area contributed by atoms with E-state index in [1.807, 2.05) is 31.3 Å². The van der Waals surface area contributed by atoms with E-state index in [0.717, 1.165) is 31.5 Å². The summed E-state index contributed by atoms with van der Waals surface area (Å²) in [6, 6.07) is 7.57. The van der Waals surface area contributed by atoms with Gasteiger partial charge in [-0.2, -0.15) is 0 Å². The topological polar surface area (TPSA) is 41.6 Å². The van der Waals surface area contributed by atoms with Gasteiger partial charge in [0.1, 0.15) is 0 Å². The highest BCUT2D eigenvalue weighted by atomic mass is 35.5. The molecule has 1 saturated heterocycles. The zero-order chi connectivity index (χ0) is 15.1. The predicted molar refractivity (Wildman–Crippen MR) is 84.4 cm³/mol. The van der Waals surface area contributed by atoms with Gasteiger partial charge in [0.2, 0.25) is 5.91 Å². The Morgan fingerprint density at radius 2 is 2.00 bits per heavy atom. The van der Waals surface area contributed by atoms with Crippen molar-refractivity contribution >= 4 is 17.5 Å². The molecular weight excluding hydrogens is 288 g/mol. The summed E-state index contributed by atoms with van der Waals surface area (Å²) in [5, 5.41) is 4.01. The Hall–Kier alpha value is -1.10. The smallest absolute Gasteiger partial charge is 0.224 e. The molecule has 1 fully saturated rings. The van der Waals surface area contributed by atoms with E-state index < -0.39 is 0 Å². The molecule has 2 rings (SSSR count). The van der Waals surface area contributed by atoms with Crippen LogP contribution in [0.4, 0.5) is 0 Å². The second-order valence-electron chi connectivity index (χ2n) is 5.45. The van der Waals surface area contributed by atoms with Crippen LogP contribution in [-0.4, -0.2) is 43.7 Å². The fraction of sp³-hybridized carbons (Fsp3) is 0.562. The molecule has 5 heteroatoms. The van der Waals surface area contributed by atoms with Crippen LogP contribution in [0, 0.1) is 0 Å². The Labute approximate surface area is 131 Å². The Kier molecular flexibility index (Phi) is 6.49. The third kappa shape index (κ3) is 5.65. The van der Waals surface area contributed by atoms with Crippen molar-refractivity contribution in [3.05, 3.63) is 34.9 Å². The van der Waals surface area contributed by atoms with Crippen LogP contribution in [0.5, 0.6) is 0 Å². The minimum atomic E-state index is 0.110. The first kappa shape index (κ1) is 16.3. The fourth-order valence-corrected chi connectivity index (χ4v) is 2.54. The summed E-state index contributed by atoms with van der Waals surface area (Å²) in [7, 11) is 1.82. The molecule has 0 spiro atoms. The summed E-state index contributed by atoms with van der Waals surface area (Å²) in [6.45, 7) is 3.13. The zero-order valence-corrected chi connectivity index (χ0v) is 13.2. The van der Waals surface area contributed by atoms with Gasteiger partial charge in [-0.05, 0) is 43.6 Å². The zero-order valence-electron chi connectivity index (χ0n) is 12.5. The number of hydrogen-bond acceptors (Lipinski definition) is 3. The number of amides is 1. The van der Waals surface area contributed by atoms with Crippen molar-refractivity contribution < 1.29 is 9.53 Å². The van der Waals surface area contributed by atoms with Crippen LogP contribution in [0.3, 0.4) is 0 Å². The van der Waals surface area contributed by atoms with Crippen LogP contribution >= 0.6 is 11.6 Å². The lowest BCUT2D eigenvalue weighted by Crippen LogP contribution is -2.33. The van der Waals surface area contributed by atoms with Crippen molar-refractivity contribution in [2.45, 2.75) is 31.9 Å². The quantitative estimate of drug-likeness (QED) is 0.877. The number of halogens is 1. The molecule has 1 aliphatic rings. The molecule has 116 valence electrons. The second kappa shape index (κ2) is 8.37. The Bertz CT molecular complexity index is 444. The fourth-order valence-electron chi connectivity index (χ4n) is 2.42. The maximum Gasteiger partial charge on any atom is 0.224 e. The molecule has 0 aromatic heterocycles. The van der Waals surface area contributed by atoms with Gasteiger partial charge in [0.15, 0.2) is 0 Å². The molecule has 1 aromatic rings. The third-order valence-electron chi connectivity index (χ3n) is 3.71. The van der Waals surface area contributed by atoms with Crippen LogP contribution in [-0.2, 0) is 16.1 Å². The lowest BCUT2D eigenvalue weighted by atomic mass is 10.1. The number of piperidine rings is 1. The first-order valence-electron chi connectivity index (χ1n) is 7.46. The van der Waals surface area contributed by atoms with E-state index in [1.165, 1.54) is 0 Å². The molecular formula is C16H23ClN2O2. The molecule has 1 N–H and O–H groups in total. The molecule has 1 amide bonds. The number of carbonyl (C=O) groups excluding carboxylic acids is 1. The molecule has 0 aliphatic carbocycles. The Morgan fingerprint density at radius 1 is 1.33 bits per heavy atom. The largest absolute Gasteiger partial charge is 0.378 e. The van der Waals surface area contributed by atoms with Gasteiger partial charge >= 0.3 is 0 Å². The number of nitrogens with zero attached hydrogens (tertiary/aromatic N) is 1. The summed E-state index contributed by atoms with van der Waals surface area (Å²) in [6.07, 6.45) is 2.82. The first-order chi connectivity index (χ1) is 10.1. The third-order valence-corrected chi connectivity index (χ3v) is 3.97. The van der Waals surface area contributed by atoms with E-state index >= 15 is 0 Å². The van der Waals surface area contributed by atoms with Crippen molar-refractivity contribution in [2.75, 3.05) is 26.7 Å². The molecule has 1 aromatic carbocycles. The average Bonchev–Trinajstić information content (AvgIpc) is 2.50. The molecule has 0 saturated carbocycles. The number of rotatable bonds is 6. The monoisotopic (exact) mass is 310 g/mol. The van der Waals surface area contributed by atoms with Crippen molar-refractivity contribution in [3.63, 3.8) is 0 Å². The van der Waals surface area contributed by atoms with Crippen LogP contribution in [0.1, 0.15) is 24.8 Å². The van der Waals surface area contributed by atoms with Gasteiger partial charge in [0.25, 0.3) is 0 Å². The van der Waals surface area contributed by atoms with Crippen molar-refractivity contribution in [3.8, 4) is 0 Å². The minimum absolute atomic E-state index is 0.110. The molecule has 0 unspecified atom stereocenters. The standard InChI is InChI=1S/C16H23ClN2O2/c1-19(12-13-2-4-14(17)5-3-13)16(20)8-11-21-15-6-9-18-10-7-15/h2-5,15,18H,6-12H2,1H3. The van der Waals surface area contributed by atoms with Gasteiger partial charge in [0.05, 0.1) is 19.1 Å². The van der Waals surface area contributed by atoms with E-state index in [4.69, 9.17) is 16.3 Å². The normalized spacial score (nSPS) is 15.9. The summed E-state index contributed by atoms with van der Waals surface area (Å²) < 4.78 is 5.76. The molecule has 0 bridgehead atoms. The molecule has 1 aliphatic heterocycles. The molecule has 0 atom stereocenters. The highest BCUT2D eigenvalue weighted by Crippen LogP contribution is 2.12. The van der Waals surface area contributed by atoms with Gasteiger partial charge in [-0.3, -0.25) is 4.79 Å². The van der Waals surface area contributed by atoms with E-state index in [9.17, 15) is 4.79 Å². The summed E-state index contributed by atoms with van der Waals surface area (Å²) >= 11 is 5.85. The second-order valence-corrected chi connectivity index (χ2v) is 5.88. The van der Waals surface area contributed by atoms with Crippen LogP contribution in [0.25, 0.3) is 0 Å². The van der Waals surface area contributed by atoms with E-state index in [1.54, 1.807) is 4.90 Å². The summed E-state index contributed by atoms with van der Waals surface area (Å²) in [5.74, 6) is 0.110. The van der Waals surface area contributed by atoms with Crippen LogP contribution < -0.4 is 5.32 Å². The van der Waals surface area contributed by atoms with Gasteiger partial charge < -0.3 is 15.0 Å². The van der Waals surface area contributed by atoms with Crippen molar-refractivity contribution in [1.82, 2.24) is 10.2 Å². The highest BCUT2D eigenvalue weighted by molar-refractivity contribution is 6.30. The predicted octanol–water partition coefficient (Wildman–Crippen LogP) is 2.46. The number of nitrogens with one attached hydrogen (secondary N) is 1. The minimum Gasteiger partial charge on any atom is -0.378 e. The van der Waals surface area contributed by atoms with Crippen molar-refractivity contribution in [2.24, 2.45) is 0 Å². The van der Waals surface area contributed by atoms with Crippen LogP contribution in [0.2, 0.25) is 5.02 Å². The maximum atomic E-state index is 12.1. The highest BCUT2D eigenvalue weighted by Gasteiger charge is 2.15. The van der Waals surface area contributed by atoms with Crippen molar-refractivity contribution in [1.29, 1.82) is 0 Å². The molecule has 4 nitrogen and oxygen atoms in total. The number of benzene rings is 1. The van der Waals surface area contributed by atoms with Gasteiger partial charge in [0, 0.05) is 18.6 Å².